The quantitative estimate of drug-likeness (QED) is 0.734. The Labute approximate surface area is 136 Å². The SMILES string of the molecule is CCCOc1cc(-c2cncc(CC(=O)OC)c2)ccc1OC. The molecule has 0 atom stereocenters. The normalized spacial score (nSPS) is 10.2. The number of methoxy groups -OCH3 is 2. The molecule has 0 radical (unpaired) electrons. The van der Waals surface area contributed by atoms with Crippen LogP contribution in [0.4, 0.5) is 0 Å². The van der Waals surface area contributed by atoms with Crippen LogP contribution in [0, 0.1) is 0 Å². The second kappa shape index (κ2) is 8.17. The van der Waals surface area contributed by atoms with Crippen molar-refractivity contribution < 1.29 is 19.0 Å². The number of carbonyl (C=O) groups is 1. The minimum absolute atomic E-state index is 0.201. The average Bonchev–Trinajstić information content (AvgIpc) is 2.59. The van der Waals surface area contributed by atoms with Gasteiger partial charge in [-0.25, -0.2) is 0 Å². The lowest BCUT2D eigenvalue weighted by Crippen LogP contribution is -2.04. The molecule has 0 spiro atoms. The minimum atomic E-state index is -0.286. The average molecular weight is 315 g/mol. The molecular formula is C18H21NO4. The van der Waals surface area contributed by atoms with Crippen molar-refractivity contribution in [1.29, 1.82) is 0 Å². The van der Waals surface area contributed by atoms with Crippen LogP contribution in [0.5, 0.6) is 11.5 Å². The van der Waals surface area contributed by atoms with Crippen LogP contribution >= 0.6 is 0 Å². The summed E-state index contributed by atoms with van der Waals surface area (Å²) < 4.78 is 15.7. The molecule has 0 saturated heterocycles. The molecule has 122 valence electrons. The Morgan fingerprint density at radius 1 is 1.09 bits per heavy atom. The fourth-order valence-corrected chi connectivity index (χ4v) is 2.16. The molecule has 2 aromatic rings. The van der Waals surface area contributed by atoms with Gasteiger partial charge in [-0.1, -0.05) is 13.0 Å². The molecule has 0 N–H and O–H groups in total. The number of hydrogen-bond donors (Lipinski definition) is 0. The molecule has 0 fully saturated rings. The van der Waals surface area contributed by atoms with Crippen LogP contribution in [0.2, 0.25) is 0 Å². The lowest BCUT2D eigenvalue weighted by Gasteiger charge is -2.12. The van der Waals surface area contributed by atoms with Crippen LogP contribution < -0.4 is 9.47 Å². The number of pyridine rings is 1. The standard InChI is InChI=1S/C18H21NO4/c1-4-7-23-17-10-14(5-6-16(17)21-2)15-8-13(11-19-12-15)9-18(20)22-3/h5-6,8,10-12H,4,7,9H2,1-3H3. The van der Waals surface area contributed by atoms with Crippen molar-refractivity contribution in [2.24, 2.45) is 0 Å². The van der Waals surface area contributed by atoms with E-state index in [2.05, 4.69) is 11.9 Å². The molecule has 1 heterocycles. The van der Waals surface area contributed by atoms with Gasteiger partial charge >= 0.3 is 5.97 Å². The smallest absolute Gasteiger partial charge is 0.310 e. The van der Waals surface area contributed by atoms with Crippen LogP contribution in [-0.2, 0) is 16.0 Å². The van der Waals surface area contributed by atoms with Gasteiger partial charge in [0.1, 0.15) is 0 Å². The Hall–Kier alpha value is -2.56. The van der Waals surface area contributed by atoms with E-state index in [-0.39, 0.29) is 12.4 Å². The van der Waals surface area contributed by atoms with Crippen molar-refractivity contribution in [3.8, 4) is 22.6 Å². The summed E-state index contributed by atoms with van der Waals surface area (Å²) in [7, 11) is 2.99. The number of benzene rings is 1. The first-order chi connectivity index (χ1) is 11.2. The number of rotatable bonds is 7. The fourth-order valence-electron chi connectivity index (χ4n) is 2.16. The molecule has 5 nitrogen and oxygen atoms in total. The number of ether oxygens (including phenoxy) is 3. The third-order valence-corrected chi connectivity index (χ3v) is 3.33. The molecule has 1 aromatic carbocycles. The highest BCUT2D eigenvalue weighted by atomic mass is 16.5. The predicted molar refractivity (Wildman–Crippen MR) is 87.7 cm³/mol. The minimum Gasteiger partial charge on any atom is -0.493 e. The van der Waals surface area contributed by atoms with E-state index < -0.39 is 0 Å². The van der Waals surface area contributed by atoms with Gasteiger partial charge in [-0.05, 0) is 35.7 Å². The van der Waals surface area contributed by atoms with Gasteiger partial charge in [-0.3, -0.25) is 9.78 Å². The molecule has 0 aliphatic carbocycles. The van der Waals surface area contributed by atoms with Gasteiger partial charge in [0.15, 0.2) is 11.5 Å². The van der Waals surface area contributed by atoms with E-state index in [0.29, 0.717) is 18.1 Å². The van der Waals surface area contributed by atoms with Crippen molar-refractivity contribution in [3.05, 3.63) is 42.2 Å². The van der Waals surface area contributed by atoms with Crippen molar-refractivity contribution in [2.45, 2.75) is 19.8 Å². The molecule has 5 heteroatoms. The van der Waals surface area contributed by atoms with Crippen molar-refractivity contribution in [2.75, 3.05) is 20.8 Å². The van der Waals surface area contributed by atoms with Crippen LogP contribution in [0.25, 0.3) is 11.1 Å². The number of carbonyl (C=O) groups excluding carboxylic acids is 1. The highest BCUT2D eigenvalue weighted by Crippen LogP contribution is 2.32. The van der Waals surface area contributed by atoms with E-state index in [9.17, 15) is 4.79 Å². The van der Waals surface area contributed by atoms with E-state index >= 15 is 0 Å². The maximum atomic E-state index is 11.4. The summed E-state index contributed by atoms with van der Waals surface area (Å²) in [6.07, 6.45) is 4.54. The summed E-state index contributed by atoms with van der Waals surface area (Å²) in [4.78, 5) is 15.6. The van der Waals surface area contributed by atoms with Gasteiger partial charge in [0.05, 0.1) is 27.2 Å². The lowest BCUT2D eigenvalue weighted by molar-refractivity contribution is -0.139. The molecule has 0 bridgehead atoms. The molecule has 2 rings (SSSR count). The highest BCUT2D eigenvalue weighted by molar-refractivity contribution is 5.74. The number of hydrogen-bond acceptors (Lipinski definition) is 5. The summed E-state index contributed by atoms with van der Waals surface area (Å²) >= 11 is 0. The second-order valence-electron chi connectivity index (χ2n) is 5.05. The zero-order valence-corrected chi connectivity index (χ0v) is 13.7. The first-order valence-corrected chi connectivity index (χ1v) is 7.50. The predicted octanol–water partition coefficient (Wildman–Crippen LogP) is 3.26. The second-order valence-corrected chi connectivity index (χ2v) is 5.05. The lowest BCUT2D eigenvalue weighted by atomic mass is 10.0. The summed E-state index contributed by atoms with van der Waals surface area (Å²) in [5.74, 6) is 1.11. The molecule has 0 saturated carbocycles. The summed E-state index contributed by atoms with van der Waals surface area (Å²) in [6.45, 7) is 2.68. The van der Waals surface area contributed by atoms with Crippen molar-refractivity contribution >= 4 is 5.97 Å². The Morgan fingerprint density at radius 2 is 1.91 bits per heavy atom. The van der Waals surface area contributed by atoms with Gasteiger partial charge in [0.25, 0.3) is 0 Å². The topological polar surface area (TPSA) is 57.7 Å². The molecule has 0 amide bonds. The molecule has 0 unspecified atom stereocenters. The highest BCUT2D eigenvalue weighted by Gasteiger charge is 2.09. The number of esters is 1. The Balaban J connectivity index is 2.30. The molecule has 0 aliphatic rings. The zero-order chi connectivity index (χ0) is 16.7. The van der Waals surface area contributed by atoms with Gasteiger partial charge < -0.3 is 14.2 Å². The molecule has 0 aliphatic heterocycles. The van der Waals surface area contributed by atoms with E-state index in [4.69, 9.17) is 14.2 Å². The molecule has 23 heavy (non-hydrogen) atoms. The monoisotopic (exact) mass is 315 g/mol. The van der Waals surface area contributed by atoms with Gasteiger partial charge in [-0.15, -0.1) is 0 Å². The van der Waals surface area contributed by atoms with E-state index in [1.807, 2.05) is 24.3 Å². The van der Waals surface area contributed by atoms with Crippen molar-refractivity contribution in [3.63, 3.8) is 0 Å². The summed E-state index contributed by atoms with van der Waals surface area (Å²) in [5, 5.41) is 0. The van der Waals surface area contributed by atoms with E-state index in [1.165, 1.54) is 7.11 Å². The largest absolute Gasteiger partial charge is 0.493 e. The van der Waals surface area contributed by atoms with Gasteiger partial charge in [-0.2, -0.15) is 0 Å². The third-order valence-electron chi connectivity index (χ3n) is 3.33. The third kappa shape index (κ3) is 4.45. The maximum Gasteiger partial charge on any atom is 0.310 e. The Morgan fingerprint density at radius 3 is 2.61 bits per heavy atom. The Kier molecular flexibility index (Phi) is 5.97. The van der Waals surface area contributed by atoms with Gasteiger partial charge in [0, 0.05) is 18.0 Å². The fraction of sp³-hybridized carbons (Fsp3) is 0.333. The van der Waals surface area contributed by atoms with Crippen molar-refractivity contribution in [1.82, 2.24) is 4.98 Å². The molecule has 1 aromatic heterocycles. The van der Waals surface area contributed by atoms with Crippen LogP contribution in [0.3, 0.4) is 0 Å². The first-order valence-electron chi connectivity index (χ1n) is 7.50. The summed E-state index contributed by atoms with van der Waals surface area (Å²) in [5.41, 5.74) is 2.67. The molecular weight excluding hydrogens is 294 g/mol. The first kappa shape index (κ1) is 16.8. The number of aromatic nitrogens is 1. The Bertz CT molecular complexity index is 670. The van der Waals surface area contributed by atoms with E-state index in [0.717, 1.165) is 23.1 Å². The number of nitrogens with zero attached hydrogens (tertiary/aromatic N) is 1. The van der Waals surface area contributed by atoms with Crippen LogP contribution in [0.1, 0.15) is 18.9 Å². The summed E-state index contributed by atoms with van der Waals surface area (Å²) in [6, 6.07) is 7.66. The van der Waals surface area contributed by atoms with E-state index in [1.54, 1.807) is 19.5 Å². The maximum absolute atomic E-state index is 11.4. The van der Waals surface area contributed by atoms with Gasteiger partial charge in [0.2, 0.25) is 0 Å². The zero-order valence-electron chi connectivity index (χ0n) is 13.7. The van der Waals surface area contributed by atoms with Crippen LogP contribution in [-0.4, -0.2) is 31.8 Å². The van der Waals surface area contributed by atoms with Crippen LogP contribution in [0.15, 0.2) is 36.7 Å².